The molecule has 0 aliphatic heterocycles. The maximum absolute atomic E-state index is 12.8. The molecule has 2 atom stereocenters. The fraction of sp³-hybridized carbons (Fsp3) is 0.417. The summed E-state index contributed by atoms with van der Waals surface area (Å²) >= 11 is 0. The highest BCUT2D eigenvalue weighted by atomic mass is 19.1. The standard InChI is InChI=1S/C24H29FN2O6/c1-15(2)12-19(24(32)27-18(13-23(30)31)20(28)14-25)26-22(29)10-11-33-21-9-5-7-16-6-3-4-8-17(16)21/h3-9,15,18-19H,10-14H2,1-2H3,(H,26,29)(H,27,32)(H,30,31). The van der Waals surface area contributed by atoms with Gasteiger partial charge in [-0.05, 0) is 23.8 Å². The minimum Gasteiger partial charge on any atom is -0.492 e. The average Bonchev–Trinajstić information content (AvgIpc) is 2.77. The van der Waals surface area contributed by atoms with Crippen LogP contribution in [-0.4, -0.2) is 54.0 Å². The summed E-state index contributed by atoms with van der Waals surface area (Å²) in [4.78, 5) is 47.7. The number of alkyl halides is 1. The molecule has 33 heavy (non-hydrogen) atoms. The van der Waals surface area contributed by atoms with Crippen molar-refractivity contribution in [1.29, 1.82) is 0 Å². The maximum atomic E-state index is 12.8. The molecule has 9 heteroatoms. The summed E-state index contributed by atoms with van der Waals surface area (Å²) in [6, 6.07) is 10.8. The van der Waals surface area contributed by atoms with Crippen LogP contribution in [0.5, 0.6) is 5.75 Å². The van der Waals surface area contributed by atoms with E-state index in [0.717, 1.165) is 10.8 Å². The fourth-order valence-corrected chi connectivity index (χ4v) is 3.33. The Morgan fingerprint density at radius 3 is 2.36 bits per heavy atom. The van der Waals surface area contributed by atoms with Crippen LogP contribution in [0.1, 0.15) is 33.1 Å². The number of carbonyl (C=O) groups excluding carboxylic acids is 3. The number of ketones is 1. The van der Waals surface area contributed by atoms with Crippen molar-refractivity contribution < 1.29 is 33.4 Å². The summed E-state index contributed by atoms with van der Waals surface area (Å²) in [6.45, 7) is 2.37. The summed E-state index contributed by atoms with van der Waals surface area (Å²) in [5, 5.41) is 15.7. The zero-order valence-electron chi connectivity index (χ0n) is 18.7. The second-order valence-corrected chi connectivity index (χ2v) is 8.08. The molecule has 0 aliphatic carbocycles. The smallest absolute Gasteiger partial charge is 0.305 e. The lowest BCUT2D eigenvalue weighted by atomic mass is 10.0. The van der Waals surface area contributed by atoms with Gasteiger partial charge < -0.3 is 20.5 Å². The van der Waals surface area contributed by atoms with E-state index in [1.54, 1.807) is 6.07 Å². The van der Waals surface area contributed by atoms with Crippen molar-refractivity contribution in [2.75, 3.05) is 13.3 Å². The monoisotopic (exact) mass is 460 g/mol. The van der Waals surface area contributed by atoms with Crippen molar-refractivity contribution in [3.8, 4) is 5.75 Å². The van der Waals surface area contributed by atoms with Gasteiger partial charge in [0.25, 0.3) is 0 Å². The van der Waals surface area contributed by atoms with Gasteiger partial charge in [-0.15, -0.1) is 0 Å². The molecule has 178 valence electrons. The number of carbonyl (C=O) groups is 4. The molecule has 2 aromatic carbocycles. The van der Waals surface area contributed by atoms with E-state index in [1.165, 1.54) is 0 Å². The van der Waals surface area contributed by atoms with Crippen molar-refractivity contribution >= 4 is 34.3 Å². The molecule has 3 N–H and O–H groups in total. The lowest BCUT2D eigenvalue weighted by molar-refractivity contribution is -0.140. The number of halogens is 1. The number of carboxylic acids is 1. The van der Waals surface area contributed by atoms with Crippen molar-refractivity contribution in [3.63, 3.8) is 0 Å². The van der Waals surface area contributed by atoms with Crippen molar-refractivity contribution in [3.05, 3.63) is 42.5 Å². The van der Waals surface area contributed by atoms with Gasteiger partial charge in [0.05, 0.1) is 19.4 Å². The second kappa shape index (κ2) is 12.5. The van der Waals surface area contributed by atoms with Gasteiger partial charge in [0.2, 0.25) is 11.8 Å². The average molecular weight is 461 g/mol. The predicted molar refractivity (Wildman–Crippen MR) is 121 cm³/mol. The molecule has 0 heterocycles. The number of fused-ring (bicyclic) bond motifs is 1. The van der Waals surface area contributed by atoms with Crippen LogP contribution in [-0.2, 0) is 19.2 Å². The Balaban J connectivity index is 1.97. The Bertz CT molecular complexity index is 989. The third kappa shape index (κ3) is 8.17. The van der Waals surface area contributed by atoms with E-state index in [4.69, 9.17) is 9.84 Å². The first-order valence-corrected chi connectivity index (χ1v) is 10.7. The second-order valence-electron chi connectivity index (χ2n) is 8.08. The number of amides is 2. The van der Waals surface area contributed by atoms with Gasteiger partial charge in [0, 0.05) is 5.39 Å². The number of Topliss-reactive ketones (excluding diaryl/α,β-unsaturated/α-hetero) is 1. The van der Waals surface area contributed by atoms with Gasteiger partial charge >= 0.3 is 5.97 Å². The Morgan fingerprint density at radius 2 is 1.70 bits per heavy atom. The quantitative estimate of drug-likeness (QED) is 0.423. The Labute approximate surface area is 191 Å². The van der Waals surface area contributed by atoms with Crippen LogP contribution >= 0.6 is 0 Å². The highest BCUT2D eigenvalue weighted by molar-refractivity contribution is 5.95. The SMILES string of the molecule is CC(C)CC(NC(=O)CCOc1cccc2ccccc12)C(=O)NC(CC(=O)O)C(=O)CF. The Morgan fingerprint density at radius 1 is 1.00 bits per heavy atom. The van der Waals surface area contributed by atoms with E-state index < -0.39 is 48.7 Å². The number of rotatable bonds is 13. The minimum absolute atomic E-state index is 0.0165. The van der Waals surface area contributed by atoms with Crippen LogP contribution in [0.3, 0.4) is 0 Å². The number of hydrogen-bond acceptors (Lipinski definition) is 5. The van der Waals surface area contributed by atoms with Gasteiger partial charge in [0.1, 0.15) is 24.5 Å². The van der Waals surface area contributed by atoms with Crippen molar-refractivity contribution in [1.82, 2.24) is 10.6 Å². The van der Waals surface area contributed by atoms with Gasteiger partial charge in [-0.3, -0.25) is 19.2 Å². The highest BCUT2D eigenvalue weighted by Gasteiger charge is 2.28. The van der Waals surface area contributed by atoms with Gasteiger partial charge in [-0.1, -0.05) is 50.2 Å². The highest BCUT2D eigenvalue weighted by Crippen LogP contribution is 2.25. The molecule has 0 radical (unpaired) electrons. The van der Waals surface area contributed by atoms with Gasteiger partial charge in [0.15, 0.2) is 5.78 Å². The van der Waals surface area contributed by atoms with E-state index in [-0.39, 0.29) is 25.4 Å². The summed E-state index contributed by atoms with van der Waals surface area (Å²) in [7, 11) is 0. The minimum atomic E-state index is -1.50. The van der Waals surface area contributed by atoms with E-state index in [0.29, 0.717) is 5.75 Å². The molecule has 2 unspecified atom stereocenters. The maximum Gasteiger partial charge on any atom is 0.305 e. The van der Waals surface area contributed by atoms with E-state index in [9.17, 15) is 23.6 Å². The Kier molecular flexibility index (Phi) is 9.78. The Hall–Kier alpha value is -3.49. The van der Waals surface area contributed by atoms with Crippen LogP contribution in [0.15, 0.2) is 42.5 Å². The molecule has 0 saturated heterocycles. The molecule has 0 bridgehead atoms. The summed E-state index contributed by atoms with van der Waals surface area (Å²) in [6.07, 6.45) is -0.506. The third-order valence-electron chi connectivity index (χ3n) is 4.91. The summed E-state index contributed by atoms with van der Waals surface area (Å²) in [5.41, 5.74) is 0. The number of ether oxygens (including phenoxy) is 1. The molecule has 8 nitrogen and oxygen atoms in total. The summed E-state index contributed by atoms with van der Waals surface area (Å²) in [5.74, 6) is -2.91. The van der Waals surface area contributed by atoms with Gasteiger partial charge in [-0.2, -0.15) is 0 Å². The zero-order chi connectivity index (χ0) is 24.4. The zero-order valence-corrected chi connectivity index (χ0v) is 18.7. The molecule has 0 spiro atoms. The predicted octanol–water partition coefficient (Wildman–Crippen LogP) is 2.64. The van der Waals surface area contributed by atoms with Crippen LogP contribution in [0.2, 0.25) is 0 Å². The normalized spacial score (nSPS) is 12.7. The van der Waals surface area contributed by atoms with Crippen LogP contribution < -0.4 is 15.4 Å². The van der Waals surface area contributed by atoms with E-state index in [1.807, 2.05) is 50.2 Å². The number of nitrogens with one attached hydrogen (secondary N) is 2. The summed E-state index contributed by atoms with van der Waals surface area (Å²) < 4.78 is 18.5. The first-order chi connectivity index (χ1) is 15.7. The molecule has 2 aromatic rings. The number of aliphatic carboxylic acids is 1. The largest absolute Gasteiger partial charge is 0.492 e. The molecule has 0 fully saturated rings. The lowest BCUT2D eigenvalue weighted by Crippen LogP contribution is -2.52. The molecule has 2 rings (SSSR count). The fourth-order valence-electron chi connectivity index (χ4n) is 3.33. The number of hydrogen-bond donors (Lipinski definition) is 3. The van der Waals surface area contributed by atoms with Crippen LogP contribution in [0.4, 0.5) is 4.39 Å². The van der Waals surface area contributed by atoms with E-state index >= 15 is 0 Å². The molecular weight excluding hydrogens is 431 g/mol. The first-order valence-electron chi connectivity index (χ1n) is 10.7. The van der Waals surface area contributed by atoms with E-state index in [2.05, 4.69) is 10.6 Å². The number of benzene rings is 2. The molecule has 0 saturated carbocycles. The molecular formula is C24H29FN2O6. The third-order valence-corrected chi connectivity index (χ3v) is 4.91. The van der Waals surface area contributed by atoms with Crippen molar-refractivity contribution in [2.45, 2.75) is 45.2 Å². The molecule has 0 aromatic heterocycles. The molecule has 2 amide bonds. The van der Waals surface area contributed by atoms with Gasteiger partial charge in [-0.25, -0.2) is 4.39 Å². The van der Waals surface area contributed by atoms with Crippen molar-refractivity contribution in [2.24, 2.45) is 5.92 Å². The topological polar surface area (TPSA) is 122 Å². The molecule has 0 aliphatic rings. The first kappa shape index (κ1) is 25.8. The lowest BCUT2D eigenvalue weighted by Gasteiger charge is -2.23. The van der Waals surface area contributed by atoms with Crippen LogP contribution in [0.25, 0.3) is 10.8 Å². The number of carboxylic acid groups (broad SMARTS) is 1. The van der Waals surface area contributed by atoms with Crippen LogP contribution in [0, 0.1) is 5.92 Å².